The molecule has 0 radical (unpaired) electrons. The number of anilines is 1. The Balaban J connectivity index is 2.02. The van der Waals surface area contributed by atoms with Crippen molar-refractivity contribution in [3.05, 3.63) is 60.4 Å². The molecule has 0 saturated heterocycles. The Labute approximate surface area is 157 Å². The zero-order chi connectivity index (χ0) is 19.9. The fraction of sp³-hybridized carbons (Fsp3) is 0.105. The van der Waals surface area contributed by atoms with Crippen molar-refractivity contribution in [1.29, 1.82) is 0 Å². The lowest BCUT2D eigenvalue weighted by molar-refractivity contribution is -0.136. The molecular formula is C19H14F3N5O. The van der Waals surface area contributed by atoms with E-state index in [0.29, 0.717) is 28.6 Å². The first-order valence-corrected chi connectivity index (χ1v) is 8.19. The molecule has 0 aliphatic rings. The number of alkyl halides is 3. The quantitative estimate of drug-likeness (QED) is 0.538. The normalized spacial score (nSPS) is 11.7. The van der Waals surface area contributed by atoms with E-state index in [2.05, 4.69) is 15.0 Å². The van der Waals surface area contributed by atoms with Gasteiger partial charge >= 0.3 is 6.18 Å². The molecule has 142 valence electrons. The van der Waals surface area contributed by atoms with Crippen molar-refractivity contribution in [2.75, 3.05) is 12.8 Å². The molecule has 0 amide bonds. The number of hydrogen-bond acceptors (Lipinski definition) is 5. The standard InChI is InChI=1S/C19H14F3N5O/c1-28-17-6-5-11(10-25-17)27-16-9-13(23)12(19(20,21)22)8-15(16)26-18(27)14-4-2-3-7-24-14/h2-10H,23H2,1H3. The van der Waals surface area contributed by atoms with E-state index in [9.17, 15) is 13.2 Å². The third-order valence-corrected chi connectivity index (χ3v) is 4.21. The number of ether oxygens (including phenoxy) is 1. The Kier molecular flexibility index (Phi) is 4.14. The first-order valence-electron chi connectivity index (χ1n) is 8.19. The van der Waals surface area contributed by atoms with Gasteiger partial charge in [-0.2, -0.15) is 13.2 Å². The fourth-order valence-electron chi connectivity index (χ4n) is 2.94. The Morgan fingerprint density at radius 3 is 2.50 bits per heavy atom. The van der Waals surface area contributed by atoms with Gasteiger partial charge in [-0.25, -0.2) is 9.97 Å². The van der Waals surface area contributed by atoms with Crippen LogP contribution in [0, 0.1) is 0 Å². The van der Waals surface area contributed by atoms with E-state index in [0.717, 1.165) is 6.07 Å². The van der Waals surface area contributed by atoms with Gasteiger partial charge in [0.1, 0.15) is 5.69 Å². The summed E-state index contributed by atoms with van der Waals surface area (Å²) in [5.41, 5.74) is 6.05. The SMILES string of the molecule is COc1ccc(-n2c(-c3ccccn3)nc3cc(C(F)(F)F)c(N)cc32)cn1. The van der Waals surface area contributed by atoms with E-state index in [1.165, 1.54) is 13.2 Å². The van der Waals surface area contributed by atoms with Gasteiger partial charge in [-0.1, -0.05) is 6.07 Å². The summed E-state index contributed by atoms with van der Waals surface area (Å²) in [6, 6.07) is 10.8. The molecule has 4 aromatic rings. The molecule has 3 aromatic heterocycles. The van der Waals surface area contributed by atoms with Crippen molar-refractivity contribution in [2.24, 2.45) is 0 Å². The van der Waals surface area contributed by atoms with Crippen LogP contribution in [0.15, 0.2) is 54.9 Å². The van der Waals surface area contributed by atoms with E-state index in [4.69, 9.17) is 10.5 Å². The first-order chi connectivity index (χ1) is 13.4. The lowest BCUT2D eigenvalue weighted by atomic mass is 10.1. The van der Waals surface area contributed by atoms with Crippen LogP contribution in [0.3, 0.4) is 0 Å². The smallest absolute Gasteiger partial charge is 0.418 e. The molecule has 0 saturated carbocycles. The Morgan fingerprint density at radius 2 is 1.89 bits per heavy atom. The molecule has 0 atom stereocenters. The number of nitrogens with zero attached hydrogens (tertiary/aromatic N) is 4. The second-order valence-corrected chi connectivity index (χ2v) is 5.97. The van der Waals surface area contributed by atoms with Crippen molar-refractivity contribution < 1.29 is 17.9 Å². The molecule has 3 heterocycles. The lowest BCUT2D eigenvalue weighted by Crippen LogP contribution is -2.09. The number of imidazole rings is 1. The molecule has 0 unspecified atom stereocenters. The number of halogens is 3. The van der Waals surface area contributed by atoms with Gasteiger partial charge < -0.3 is 10.5 Å². The summed E-state index contributed by atoms with van der Waals surface area (Å²) in [6.07, 6.45) is -1.45. The Bertz CT molecular complexity index is 1140. The van der Waals surface area contributed by atoms with E-state index in [-0.39, 0.29) is 11.2 Å². The molecule has 2 N–H and O–H groups in total. The average molecular weight is 385 g/mol. The zero-order valence-corrected chi connectivity index (χ0v) is 14.6. The van der Waals surface area contributed by atoms with E-state index in [1.54, 1.807) is 47.3 Å². The van der Waals surface area contributed by atoms with Gasteiger partial charge in [-0.3, -0.25) is 9.55 Å². The minimum absolute atomic E-state index is 0.151. The predicted octanol–water partition coefficient (Wildman–Crippen LogP) is 4.09. The molecule has 1 aromatic carbocycles. The van der Waals surface area contributed by atoms with Crippen LogP contribution in [-0.2, 0) is 6.18 Å². The summed E-state index contributed by atoms with van der Waals surface area (Å²) in [4.78, 5) is 12.9. The Morgan fingerprint density at radius 1 is 1.07 bits per heavy atom. The van der Waals surface area contributed by atoms with Crippen LogP contribution >= 0.6 is 0 Å². The van der Waals surface area contributed by atoms with Crippen LogP contribution < -0.4 is 10.5 Å². The monoisotopic (exact) mass is 385 g/mol. The van der Waals surface area contributed by atoms with E-state index in [1.807, 2.05) is 0 Å². The fourth-order valence-corrected chi connectivity index (χ4v) is 2.94. The zero-order valence-electron chi connectivity index (χ0n) is 14.6. The third-order valence-electron chi connectivity index (χ3n) is 4.21. The number of pyridine rings is 2. The second-order valence-electron chi connectivity index (χ2n) is 5.97. The molecule has 4 rings (SSSR count). The molecule has 0 spiro atoms. The van der Waals surface area contributed by atoms with Gasteiger partial charge in [0.05, 0.1) is 35.6 Å². The number of hydrogen-bond donors (Lipinski definition) is 1. The van der Waals surface area contributed by atoms with Gasteiger partial charge in [0.15, 0.2) is 5.82 Å². The highest BCUT2D eigenvalue weighted by Crippen LogP contribution is 2.37. The molecule has 6 nitrogen and oxygen atoms in total. The van der Waals surface area contributed by atoms with Crippen LogP contribution in [0.1, 0.15) is 5.56 Å². The van der Waals surface area contributed by atoms with Gasteiger partial charge in [0.25, 0.3) is 0 Å². The van der Waals surface area contributed by atoms with Gasteiger partial charge in [-0.15, -0.1) is 0 Å². The van der Waals surface area contributed by atoms with Crippen LogP contribution in [-0.4, -0.2) is 26.6 Å². The minimum atomic E-state index is -4.57. The number of methoxy groups -OCH3 is 1. The maximum absolute atomic E-state index is 13.3. The summed E-state index contributed by atoms with van der Waals surface area (Å²) in [5.74, 6) is 0.785. The van der Waals surface area contributed by atoms with Crippen molar-refractivity contribution in [3.63, 3.8) is 0 Å². The highest BCUT2D eigenvalue weighted by atomic mass is 19.4. The highest BCUT2D eigenvalue weighted by molar-refractivity contribution is 5.86. The van der Waals surface area contributed by atoms with E-state index >= 15 is 0 Å². The number of nitrogen functional groups attached to an aromatic ring is 1. The summed E-state index contributed by atoms with van der Waals surface area (Å²) in [5, 5.41) is 0. The largest absolute Gasteiger partial charge is 0.481 e. The molecule has 9 heteroatoms. The van der Waals surface area contributed by atoms with Crippen LogP contribution in [0.25, 0.3) is 28.2 Å². The van der Waals surface area contributed by atoms with Crippen molar-refractivity contribution in [2.45, 2.75) is 6.18 Å². The van der Waals surface area contributed by atoms with Gasteiger partial charge in [0, 0.05) is 18.0 Å². The van der Waals surface area contributed by atoms with E-state index < -0.39 is 11.7 Å². The highest BCUT2D eigenvalue weighted by Gasteiger charge is 2.34. The minimum Gasteiger partial charge on any atom is -0.481 e. The van der Waals surface area contributed by atoms with Crippen LogP contribution in [0.5, 0.6) is 5.88 Å². The predicted molar refractivity (Wildman–Crippen MR) is 98.1 cm³/mol. The number of aromatic nitrogens is 4. The molecule has 0 aliphatic heterocycles. The molecule has 28 heavy (non-hydrogen) atoms. The maximum Gasteiger partial charge on any atom is 0.418 e. The van der Waals surface area contributed by atoms with Crippen molar-refractivity contribution in [1.82, 2.24) is 19.5 Å². The summed E-state index contributed by atoms with van der Waals surface area (Å²) < 4.78 is 46.5. The number of rotatable bonds is 3. The van der Waals surface area contributed by atoms with Crippen molar-refractivity contribution in [3.8, 4) is 23.1 Å². The maximum atomic E-state index is 13.3. The molecule has 0 bridgehead atoms. The summed E-state index contributed by atoms with van der Waals surface area (Å²) in [7, 11) is 1.49. The average Bonchev–Trinajstić information content (AvgIpc) is 3.05. The van der Waals surface area contributed by atoms with Gasteiger partial charge in [-0.05, 0) is 30.3 Å². The van der Waals surface area contributed by atoms with Crippen LogP contribution in [0.4, 0.5) is 18.9 Å². The number of nitrogens with two attached hydrogens (primary N) is 1. The molecular weight excluding hydrogens is 371 g/mol. The molecule has 0 fully saturated rings. The molecule has 0 aliphatic carbocycles. The summed E-state index contributed by atoms with van der Waals surface area (Å²) in [6.45, 7) is 0. The van der Waals surface area contributed by atoms with Crippen molar-refractivity contribution >= 4 is 16.7 Å². The topological polar surface area (TPSA) is 78.8 Å². The summed E-state index contributed by atoms with van der Waals surface area (Å²) >= 11 is 0. The lowest BCUT2D eigenvalue weighted by Gasteiger charge is -2.12. The number of benzene rings is 1. The number of fused-ring (bicyclic) bond motifs is 1. The van der Waals surface area contributed by atoms with Crippen LogP contribution in [0.2, 0.25) is 0 Å². The van der Waals surface area contributed by atoms with Gasteiger partial charge in [0.2, 0.25) is 5.88 Å². The first kappa shape index (κ1) is 17.8. The second kappa shape index (κ2) is 6.52. The third kappa shape index (κ3) is 3.00. The Hall–Kier alpha value is -3.62.